The Morgan fingerprint density at radius 1 is 1.75 bits per heavy atom. The van der Waals surface area contributed by atoms with Gasteiger partial charge >= 0.3 is 0 Å². The maximum atomic E-state index is 5.35. The molecule has 0 aliphatic rings. The number of hydrogen-bond acceptors (Lipinski definition) is 3. The fourth-order valence-corrected chi connectivity index (χ4v) is 1.15. The molecule has 0 bridgehead atoms. The molecule has 3 N–H and O–H groups in total. The molecule has 0 aliphatic carbocycles. The molecule has 4 heteroatoms. The van der Waals surface area contributed by atoms with Crippen molar-refractivity contribution in [3.8, 4) is 0 Å². The van der Waals surface area contributed by atoms with Gasteiger partial charge in [-0.15, -0.1) is 0 Å². The summed E-state index contributed by atoms with van der Waals surface area (Å²) in [4.78, 5) is 0. The van der Waals surface area contributed by atoms with Crippen molar-refractivity contribution in [1.82, 2.24) is 15.2 Å². The fourth-order valence-electron chi connectivity index (χ4n) is 1.15. The standard InChI is InChI=1S/C8H16N4/c1-3-7(10-9)6-8-4-5-12(2)11-8/h4-5,7,10H,3,6,9H2,1-2H3. The molecule has 0 aliphatic heterocycles. The SMILES string of the molecule is CCC(Cc1ccn(C)n1)NN. The van der Waals surface area contributed by atoms with E-state index in [1.54, 1.807) is 4.68 Å². The van der Waals surface area contributed by atoms with Crippen LogP contribution in [0.4, 0.5) is 0 Å². The summed E-state index contributed by atoms with van der Waals surface area (Å²) in [6.45, 7) is 2.10. The van der Waals surface area contributed by atoms with Crippen molar-refractivity contribution in [3.05, 3.63) is 18.0 Å². The first-order chi connectivity index (χ1) is 5.76. The van der Waals surface area contributed by atoms with Gasteiger partial charge in [0.25, 0.3) is 0 Å². The Morgan fingerprint density at radius 3 is 2.92 bits per heavy atom. The highest BCUT2D eigenvalue weighted by atomic mass is 15.3. The zero-order valence-electron chi connectivity index (χ0n) is 7.62. The molecule has 12 heavy (non-hydrogen) atoms. The minimum Gasteiger partial charge on any atom is -0.276 e. The first-order valence-electron chi connectivity index (χ1n) is 4.21. The topological polar surface area (TPSA) is 55.9 Å². The van der Waals surface area contributed by atoms with Gasteiger partial charge < -0.3 is 0 Å². The van der Waals surface area contributed by atoms with E-state index in [1.807, 2.05) is 19.3 Å². The van der Waals surface area contributed by atoms with E-state index in [9.17, 15) is 0 Å². The lowest BCUT2D eigenvalue weighted by Gasteiger charge is -2.10. The predicted molar refractivity (Wildman–Crippen MR) is 48.3 cm³/mol. The highest BCUT2D eigenvalue weighted by Gasteiger charge is 2.06. The van der Waals surface area contributed by atoms with Crippen LogP contribution in [0, 0.1) is 0 Å². The molecule has 0 saturated carbocycles. The minimum absolute atomic E-state index is 0.333. The Morgan fingerprint density at radius 2 is 2.50 bits per heavy atom. The zero-order chi connectivity index (χ0) is 8.97. The van der Waals surface area contributed by atoms with Gasteiger partial charge in [0.15, 0.2) is 0 Å². The third-order valence-corrected chi connectivity index (χ3v) is 1.95. The van der Waals surface area contributed by atoms with Crippen LogP contribution in [0.3, 0.4) is 0 Å². The number of nitrogens with zero attached hydrogens (tertiary/aromatic N) is 2. The number of nitrogens with two attached hydrogens (primary N) is 1. The second-order valence-electron chi connectivity index (χ2n) is 2.96. The smallest absolute Gasteiger partial charge is 0.0640 e. The average Bonchev–Trinajstić information content (AvgIpc) is 2.47. The summed E-state index contributed by atoms with van der Waals surface area (Å²) in [6.07, 6.45) is 3.86. The molecule has 4 nitrogen and oxygen atoms in total. The van der Waals surface area contributed by atoms with Crippen molar-refractivity contribution in [2.75, 3.05) is 0 Å². The summed E-state index contributed by atoms with van der Waals surface area (Å²) in [5.74, 6) is 5.35. The molecule has 1 aromatic heterocycles. The lowest BCUT2D eigenvalue weighted by molar-refractivity contribution is 0.503. The molecule has 0 amide bonds. The molecule has 0 fully saturated rings. The minimum atomic E-state index is 0.333. The van der Waals surface area contributed by atoms with Crippen LogP contribution in [0.25, 0.3) is 0 Å². The highest BCUT2D eigenvalue weighted by molar-refractivity contribution is 5.00. The maximum absolute atomic E-state index is 5.35. The molecule has 0 spiro atoms. The summed E-state index contributed by atoms with van der Waals surface area (Å²) in [5.41, 5.74) is 3.85. The van der Waals surface area contributed by atoms with Crippen LogP contribution >= 0.6 is 0 Å². The molecule has 68 valence electrons. The van der Waals surface area contributed by atoms with Crippen molar-refractivity contribution in [1.29, 1.82) is 0 Å². The summed E-state index contributed by atoms with van der Waals surface area (Å²) < 4.78 is 1.80. The first-order valence-corrected chi connectivity index (χ1v) is 4.21. The van der Waals surface area contributed by atoms with Gasteiger partial charge in [0.05, 0.1) is 5.69 Å². The number of nitrogens with one attached hydrogen (secondary N) is 1. The van der Waals surface area contributed by atoms with Crippen LogP contribution in [0.2, 0.25) is 0 Å². The molecule has 1 unspecified atom stereocenters. The van der Waals surface area contributed by atoms with Gasteiger partial charge in [-0.3, -0.25) is 16.0 Å². The zero-order valence-corrected chi connectivity index (χ0v) is 7.62. The Balaban J connectivity index is 2.50. The van der Waals surface area contributed by atoms with Crippen LogP contribution in [0.1, 0.15) is 19.0 Å². The number of hydrazine groups is 1. The molecule has 0 radical (unpaired) electrons. The normalized spacial score (nSPS) is 13.2. The van der Waals surface area contributed by atoms with E-state index in [0.717, 1.165) is 18.5 Å². The number of aryl methyl sites for hydroxylation is 1. The van der Waals surface area contributed by atoms with Gasteiger partial charge in [-0.2, -0.15) is 5.10 Å². The van der Waals surface area contributed by atoms with Gasteiger partial charge in [-0.1, -0.05) is 6.92 Å². The average molecular weight is 168 g/mol. The van der Waals surface area contributed by atoms with E-state index < -0.39 is 0 Å². The van der Waals surface area contributed by atoms with Gasteiger partial charge in [0, 0.05) is 25.7 Å². The number of hydrogen-bond donors (Lipinski definition) is 2. The van der Waals surface area contributed by atoms with Crippen LogP contribution in [-0.2, 0) is 13.5 Å². The lowest BCUT2D eigenvalue weighted by Crippen LogP contribution is -2.36. The molecular formula is C8H16N4. The van der Waals surface area contributed by atoms with Crippen molar-refractivity contribution in [3.63, 3.8) is 0 Å². The monoisotopic (exact) mass is 168 g/mol. The molecule has 0 aromatic carbocycles. The molecule has 1 heterocycles. The van der Waals surface area contributed by atoms with E-state index in [0.29, 0.717) is 6.04 Å². The third-order valence-electron chi connectivity index (χ3n) is 1.95. The van der Waals surface area contributed by atoms with E-state index in [-0.39, 0.29) is 0 Å². The molecule has 1 atom stereocenters. The van der Waals surface area contributed by atoms with Crippen LogP contribution in [0.5, 0.6) is 0 Å². The van der Waals surface area contributed by atoms with E-state index in [2.05, 4.69) is 17.4 Å². The van der Waals surface area contributed by atoms with E-state index in [4.69, 9.17) is 5.84 Å². The van der Waals surface area contributed by atoms with Gasteiger partial charge in [0.2, 0.25) is 0 Å². The molecule has 0 saturated heterocycles. The summed E-state index contributed by atoms with van der Waals surface area (Å²) in [5, 5.41) is 4.27. The fraction of sp³-hybridized carbons (Fsp3) is 0.625. The Labute approximate surface area is 72.7 Å². The van der Waals surface area contributed by atoms with Gasteiger partial charge in [-0.25, -0.2) is 0 Å². The largest absolute Gasteiger partial charge is 0.276 e. The predicted octanol–water partition coefficient (Wildman–Crippen LogP) is 0.205. The Hall–Kier alpha value is -0.870. The van der Waals surface area contributed by atoms with E-state index >= 15 is 0 Å². The van der Waals surface area contributed by atoms with Crippen LogP contribution in [-0.4, -0.2) is 15.8 Å². The third kappa shape index (κ3) is 2.32. The van der Waals surface area contributed by atoms with Crippen molar-refractivity contribution < 1.29 is 0 Å². The quantitative estimate of drug-likeness (QED) is 0.499. The second-order valence-corrected chi connectivity index (χ2v) is 2.96. The summed E-state index contributed by atoms with van der Waals surface area (Å²) in [6, 6.07) is 2.35. The van der Waals surface area contributed by atoms with Gasteiger partial charge in [-0.05, 0) is 12.5 Å². The Kier molecular flexibility index (Phi) is 3.25. The van der Waals surface area contributed by atoms with Gasteiger partial charge in [0.1, 0.15) is 0 Å². The molecule has 1 rings (SSSR count). The highest BCUT2D eigenvalue weighted by Crippen LogP contribution is 2.01. The maximum Gasteiger partial charge on any atom is 0.0640 e. The number of aromatic nitrogens is 2. The Bertz CT molecular complexity index is 227. The molecule has 1 aromatic rings. The second kappa shape index (κ2) is 4.23. The molecular weight excluding hydrogens is 152 g/mol. The first kappa shape index (κ1) is 9.22. The summed E-state index contributed by atoms with van der Waals surface area (Å²) >= 11 is 0. The summed E-state index contributed by atoms with van der Waals surface area (Å²) in [7, 11) is 1.92. The van der Waals surface area contributed by atoms with Crippen LogP contribution < -0.4 is 11.3 Å². The van der Waals surface area contributed by atoms with Crippen molar-refractivity contribution >= 4 is 0 Å². The number of rotatable bonds is 4. The van der Waals surface area contributed by atoms with Crippen molar-refractivity contribution in [2.24, 2.45) is 12.9 Å². The van der Waals surface area contributed by atoms with Crippen molar-refractivity contribution in [2.45, 2.75) is 25.8 Å². The van der Waals surface area contributed by atoms with Crippen LogP contribution in [0.15, 0.2) is 12.3 Å². The van der Waals surface area contributed by atoms with E-state index in [1.165, 1.54) is 0 Å². The lowest BCUT2D eigenvalue weighted by atomic mass is 10.1.